The molecule has 1 saturated heterocycles. The first kappa shape index (κ1) is 14.4. The Labute approximate surface area is 102 Å². The summed E-state index contributed by atoms with van der Waals surface area (Å²) >= 11 is 0. The molecule has 1 heterocycles. The zero-order valence-corrected chi connectivity index (χ0v) is 10.9. The highest BCUT2D eigenvalue weighted by Crippen LogP contribution is 2.22. The van der Waals surface area contributed by atoms with E-state index in [0.717, 1.165) is 25.7 Å². The van der Waals surface area contributed by atoms with Crippen molar-refractivity contribution in [1.29, 1.82) is 0 Å². The maximum Gasteiger partial charge on any atom is 0.326 e. The summed E-state index contributed by atoms with van der Waals surface area (Å²) in [6.45, 7) is 6.18. The van der Waals surface area contributed by atoms with Gasteiger partial charge in [0.1, 0.15) is 5.54 Å². The molecule has 5 nitrogen and oxygen atoms in total. The van der Waals surface area contributed by atoms with Crippen molar-refractivity contribution in [1.82, 2.24) is 5.48 Å². The van der Waals surface area contributed by atoms with Crippen molar-refractivity contribution in [2.75, 3.05) is 6.61 Å². The van der Waals surface area contributed by atoms with Crippen LogP contribution in [0.1, 0.15) is 46.5 Å². The van der Waals surface area contributed by atoms with Crippen LogP contribution in [0.5, 0.6) is 0 Å². The Bertz CT molecular complexity index is 253. The summed E-state index contributed by atoms with van der Waals surface area (Å²) in [5.74, 6) is -0.925. The van der Waals surface area contributed by atoms with E-state index in [9.17, 15) is 9.90 Å². The van der Waals surface area contributed by atoms with Gasteiger partial charge in [0.25, 0.3) is 0 Å². The van der Waals surface area contributed by atoms with Gasteiger partial charge in [-0.1, -0.05) is 20.3 Å². The number of hydrogen-bond donors (Lipinski definition) is 2. The Morgan fingerprint density at radius 1 is 1.65 bits per heavy atom. The van der Waals surface area contributed by atoms with Gasteiger partial charge in [-0.3, -0.25) is 9.63 Å². The van der Waals surface area contributed by atoms with E-state index >= 15 is 0 Å². The van der Waals surface area contributed by atoms with Crippen molar-refractivity contribution in [3.63, 3.8) is 0 Å². The first-order chi connectivity index (χ1) is 8.00. The van der Waals surface area contributed by atoms with E-state index in [1.54, 1.807) is 6.92 Å². The van der Waals surface area contributed by atoms with Crippen molar-refractivity contribution in [2.45, 2.75) is 58.3 Å². The quantitative estimate of drug-likeness (QED) is 0.700. The van der Waals surface area contributed by atoms with E-state index in [2.05, 4.69) is 5.48 Å². The molecule has 0 aromatic rings. The van der Waals surface area contributed by atoms with E-state index in [4.69, 9.17) is 9.57 Å². The molecule has 1 fully saturated rings. The average molecular weight is 245 g/mol. The maximum absolute atomic E-state index is 11.3. The lowest BCUT2D eigenvalue weighted by atomic mass is 9.86. The Kier molecular flexibility index (Phi) is 5.36. The van der Waals surface area contributed by atoms with E-state index in [-0.39, 0.29) is 12.2 Å². The van der Waals surface area contributed by atoms with Gasteiger partial charge in [-0.25, -0.2) is 0 Å². The summed E-state index contributed by atoms with van der Waals surface area (Å²) in [5.41, 5.74) is 1.62. The second-order valence-electron chi connectivity index (χ2n) is 4.83. The number of hydroxylamine groups is 1. The molecule has 0 amide bonds. The van der Waals surface area contributed by atoms with Crippen molar-refractivity contribution < 1.29 is 19.5 Å². The van der Waals surface area contributed by atoms with Crippen molar-refractivity contribution in [3.05, 3.63) is 0 Å². The third-order valence-corrected chi connectivity index (χ3v) is 3.58. The summed E-state index contributed by atoms with van der Waals surface area (Å²) in [4.78, 5) is 16.7. The molecule has 1 rings (SSSR count). The van der Waals surface area contributed by atoms with Gasteiger partial charge in [-0.15, -0.1) is 0 Å². The fraction of sp³-hybridized carbons (Fsp3) is 0.917. The van der Waals surface area contributed by atoms with Gasteiger partial charge in [0.05, 0.1) is 0 Å². The highest BCUT2D eigenvalue weighted by atomic mass is 16.8. The molecule has 1 aliphatic rings. The number of aliphatic carboxylic acids is 1. The predicted octanol–water partition coefficient (Wildman–Crippen LogP) is 1.92. The number of hydrogen-bond acceptors (Lipinski definition) is 4. The molecule has 3 unspecified atom stereocenters. The van der Waals surface area contributed by atoms with E-state index in [1.807, 2.05) is 13.8 Å². The van der Waals surface area contributed by atoms with Crippen LogP contribution >= 0.6 is 0 Å². The molecule has 2 N–H and O–H groups in total. The molecule has 3 atom stereocenters. The standard InChI is InChI=1S/C12H23NO4/c1-4-9(2)12(3,11(14)15)13-17-10-7-5-6-8-16-10/h9-10,13H,4-8H2,1-3H3,(H,14,15). The SMILES string of the molecule is CCC(C)C(C)(NOC1CCCCO1)C(=O)O. The topological polar surface area (TPSA) is 67.8 Å². The molecule has 0 radical (unpaired) electrons. The van der Waals surface area contributed by atoms with Crippen LogP contribution < -0.4 is 5.48 Å². The normalized spacial score (nSPS) is 26.2. The van der Waals surface area contributed by atoms with Gasteiger partial charge in [-0.2, -0.15) is 5.48 Å². The molecule has 100 valence electrons. The second-order valence-corrected chi connectivity index (χ2v) is 4.83. The van der Waals surface area contributed by atoms with Gasteiger partial charge >= 0.3 is 5.97 Å². The third kappa shape index (κ3) is 3.66. The number of ether oxygens (including phenoxy) is 1. The van der Waals surface area contributed by atoms with Crippen LogP contribution in [0.25, 0.3) is 0 Å². The molecule has 0 spiro atoms. The van der Waals surface area contributed by atoms with Crippen LogP contribution in [0.2, 0.25) is 0 Å². The minimum absolute atomic E-state index is 0.0245. The van der Waals surface area contributed by atoms with Crippen LogP contribution in [0, 0.1) is 5.92 Å². The molecule has 0 aromatic carbocycles. The smallest absolute Gasteiger partial charge is 0.326 e. The minimum Gasteiger partial charge on any atom is -0.480 e. The summed E-state index contributed by atoms with van der Waals surface area (Å²) < 4.78 is 5.39. The third-order valence-electron chi connectivity index (χ3n) is 3.58. The fourth-order valence-electron chi connectivity index (χ4n) is 1.76. The number of nitrogens with one attached hydrogen (secondary N) is 1. The zero-order valence-electron chi connectivity index (χ0n) is 10.9. The molecule has 0 saturated carbocycles. The molecular formula is C12H23NO4. The first-order valence-electron chi connectivity index (χ1n) is 6.28. The van der Waals surface area contributed by atoms with Gasteiger partial charge in [0.15, 0.2) is 6.29 Å². The van der Waals surface area contributed by atoms with Crippen molar-refractivity contribution >= 4 is 5.97 Å². The van der Waals surface area contributed by atoms with Crippen molar-refractivity contribution in [2.24, 2.45) is 5.92 Å². The van der Waals surface area contributed by atoms with Crippen LogP contribution in [0.4, 0.5) is 0 Å². The molecular weight excluding hydrogens is 222 g/mol. The average Bonchev–Trinajstić information content (AvgIpc) is 2.35. The lowest BCUT2D eigenvalue weighted by Crippen LogP contribution is -2.55. The minimum atomic E-state index is -1.07. The van der Waals surface area contributed by atoms with Crippen LogP contribution in [0.3, 0.4) is 0 Å². The molecule has 5 heteroatoms. The highest BCUT2D eigenvalue weighted by Gasteiger charge is 2.39. The number of carboxylic acid groups (broad SMARTS) is 1. The lowest BCUT2D eigenvalue weighted by molar-refractivity contribution is -0.220. The molecule has 17 heavy (non-hydrogen) atoms. The first-order valence-corrected chi connectivity index (χ1v) is 6.28. The van der Waals surface area contributed by atoms with E-state index in [1.165, 1.54) is 0 Å². The Balaban J connectivity index is 2.51. The summed E-state index contributed by atoms with van der Waals surface area (Å²) in [7, 11) is 0. The molecule has 0 aliphatic carbocycles. The number of carbonyl (C=O) groups is 1. The maximum atomic E-state index is 11.3. The number of rotatable bonds is 6. The molecule has 0 bridgehead atoms. The van der Waals surface area contributed by atoms with Crippen LogP contribution in [0.15, 0.2) is 0 Å². The summed E-state index contributed by atoms with van der Waals surface area (Å²) in [5, 5.41) is 9.28. The van der Waals surface area contributed by atoms with Crippen LogP contribution in [-0.2, 0) is 14.4 Å². The Morgan fingerprint density at radius 2 is 2.35 bits per heavy atom. The zero-order chi connectivity index (χ0) is 12.9. The number of carboxylic acids is 1. The summed E-state index contributed by atoms with van der Waals surface area (Å²) in [6.07, 6.45) is 3.35. The predicted molar refractivity (Wildman–Crippen MR) is 63.3 cm³/mol. The highest BCUT2D eigenvalue weighted by molar-refractivity contribution is 5.78. The van der Waals surface area contributed by atoms with Gasteiger partial charge in [-0.05, 0) is 25.7 Å². The van der Waals surface area contributed by atoms with Gasteiger partial charge in [0.2, 0.25) is 0 Å². The van der Waals surface area contributed by atoms with Crippen molar-refractivity contribution in [3.8, 4) is 0 Å². The fourth-order valence-corrected chi connectivity index (χ4v) is 1.76. The van der Waals surface area contributed by atoms with E-state index in [0.29, 0.717) is 6.61 Å². The largest absolute Gasteiger partial charge is 0.480 e. The van der Waals surface area contributed by atoms with Gasteiger partial charge in [0, 0.05) is 13.0 Å². The van der Waals surface area contributed by atoms with E-state index < -0.39 is 11.5 Å². The Hall–Kier alpha value is -0.650. The summed E-state index contributed by atoms with van der Waals surface area (Å²) in [6, 6.07) is 0. The lowest BCUT2D eigenvalue weighted by Gasteiger charge is -2.33. The monoisotopic (exact) mass is 245 g/mol. The molecule has 0 aromatic heterocycles. The van der Waals surface area contributed by atoms with Crippen LogP contribution in [-0.4, -0.2) is 29.5 Å². The second kappa shape index (κ2) is 6.33. The molecule has 1 aliphatic heterocycles. The Morgan fingerprint density at radius 3 is 2.82 bits per heavy atom. The van der Waals surface area contributed by atoms with Gasteiger partial charge < -0.3 is 9.84 Å².